The number of aliphatic hydroxyl groups is 1. The van der Waals surface area contributed by atoms with Crippen molar-refractivity contribution in [3.63, 3.8) is 0 Å². The van der Waals surface area contributed by atoms with Crippen molar-refractivity contribution < 1.29 is 14.0 Å². The van der Waals surface area contributed by atoms with Crippen molar-refractivity contribution in [1.82, 2.24) is 0 Å². The van der Waals surface area contributed by atoms with Gasteiger partial charge in [-0.25, -0.2) is 0 Å². The Morgan fingerprint density at radius 2 is 1.32 bits per heavy atom. The number of hydrogen-bond donors (Lipinski definition) is 1. The highest BCUT2D eigenvalue weighted by Gasteiger charge is 2.50. The lowest BCUT2D eigenvalue weighted by molar-refractivity contribution is 0.148. The first-order chi connectivity index (χ1) is 17.6. The Hall–Kier alpha value is -1.51. The van der Waals surface area contributed by atoms with Gasteiger partial charge in [0.05, 0.1) is 6.10 Å². The largest absolute Gasteiger partial charge is 0.417 e. The maximum atomic E-state index is 10.8. The van der Waals surface area contributed by atoms with Gasteiger partial charge in [-0.2, -0.15) is 0 Å². The molecule has 1 N–H and O–H groups in total. The summed E-state index contributed by atoms with van der Waals surface area (Å²) >= 11 is 0. The second-order valence-electron chi connectivity index (χ2n) is 13.5. The van der Waals surface area contributed by atoms with Gasteiger partial charge in [0.2, 0.25) is 0 Å². The summed E-state index contributed by atoms with van der Waals surface area (Å²) < 4.78 is 13.5. The Morgan fingerprint density at radius 3 is 1.76 bits per heavy atom. The predicted molar refractivity (Wildman–Crippen MR) is 169 cm³/mol. The van der Waals surface area contributed by atoms with E-state index in [1.54, 1.807) is 0 Å². The minimum absolute atomic E-state index is 0.0260. The van der Waals surface area contributed by atoms with Gasteiger partial charge in [-0.3, -0.25) is 0 Å². The SMILES string of the molecule is C[C@@H](C/C=C\C(O)[C@@H](C)CCCO[Si](C)(C)C(C)(C)C)O[Si](c1ccccc1)(c1ccccc1)C(C)(C)C. The van der Waals surface area contributed by atoms with Crippen LogP contribution in [-0.2, 0) is 8.85 Å². The van der Waals surface area contributed by atoms with E-state index in [0.717, 1.165) is 25.9 Å². The van der Waals surface area contributed by atoms with Crippen LogP contribution in [0, 0.1) is 5.92 Å². The van der Waals surface area contributed by atoms with Crippen molar-refractivity contribution in [3.8, 4) is 0 Å². The molecule has 0 aromatic heterocycles. The lowest BCUT2D eigenvalue weighted by Crippen LogP contribution is -2.67. The molecule has 2 aromatic rings. The van der Waals surface area contributed by atoms with Gasteiger partial charge in [-0.05, 0) is 65.6 Å². The summed E-state index contributed by atoms with van der Waals surface area (Å²) in [5.41, 5.74) is 0. The molecule has 3 nitrogen and oxygen atoms in total. The molecule has 0 spiro atoms. The Kier molecular flexibility index (Phi) is 11.8. The highest BCUT2D eigenvalue weighted by molar-refractivity contribution is 6.99. The maximum absolute atomic E-state index is 10.8. The average Bonchev–Trinajstić information content (AvgIpc) is 2.84. The van der Waals surface area contributed by atoms with E-state index in [4.69, 9.17) is 8.85 Å². The van der Waals surface area contributed by atoms with Crippen LogP contribution in [0.1, 0.15) is 74.7 Å². The molecule has 0 aliphatic rings. The smallest absolute Gasteiger partial charge is 0.261 e. The van der Waals surface area contributed by atoms with Crippen molar-refractivity contribution in [3.05, 3.63) is 72.8 Å². The van der Waals surface area contributed by atoms with Crippen LogP contribution >= 0.6 is 0 Å². The summed E-state index contributed by atoms with van der Waals surface area (Å²) in [6.07, 6.45) is 6.34. The predicted octanol–water partition coefficient (Wildman–Crippen LogP) is 7.70. The topological polar surface area (TPSA) is 38.7 Å². The van der Waals surface area contributed by atoms with Crippen molar-refractivity contribution in [2.45, 2.75) is 110 Å². The second kappa shape index (κ2) is 13.7. The lowest BCUT2D eigenvalue weighted by Gasteiger charge is -2.44. The second-order valence-corrected chi connectivity index (χ2v) is 22.5. The van der Waals surface area contributed by atoms with Crippen molar-refractivity contribution in [2.24, 2.45) is 5.92 Å². The van der Waals surface area contributed by atoms with Gasteiger partial charge in [0.25, 0.3) is 8.32 Å². The Bertz CT molecular complexity index is 935. The minimum Gasteiger partial charge on any atom is -0.417 e. The summed E-state index contributed by atoms with van der Waals surface area (Å²) in [4.78, 5) is 0. The molecule has 2 aromatic carbocycles. The number of rotatable bonds is 13. The molecular weight excluding hydrogens is 501 g/mol. The highest BCUT2D eigenvalue weighted by Crippen LogP contribution is 2.38. The number of hydrogen-bond acceptors (Lipinski definition) is 3. The monoisotopic (exact) mass is 554 g/mol. The van der Waals surface area contributed by atoms with Crippen LogP contribution in [0.4, 0.5) is 0 Å². The van der Waals surface area contributed by atoms with Crippen LogP contribution in [0.3, 0.4) is 0 Å². The van der Waals surface area contributed by atoms with Gasteiger partial charge >= 0.3 is 0 Å². The lowest BCUT2D eigenvalue weighted by atomic mass is 9.98. The van der Waals surface area contributed by atoms with Gasteiger partial charge < -0.3 is 14.0 Å². The van der Waals surface area contributed by atoms with Gasteiger partial charge in [0.1, 0.15) is 0 Å². The van der Waals surface area contributed by atoms with E-state index in [1.807, 2.05) is 6.08 Å². The molecule has 0 aliphatic heterocycles. The normalized spacial score (nSPS) is 16.0. The van der Waals surface area contributed by atoms with Crippen molar-refractivity contribution in [2.75, 3.05) is 6.61 Å². The Morgan fingerprint density at radius 1 is 0.816 bits per heavy atom. The zero-order valence-corrected chi connectivity index (χ0v) is 27.8. The van der Waals surface area contributed by atoms with E-state index in [1.165, 1.54) is 10.4 Å². The molecule has 212 valence electrons. The summed E-state index contributed by atoms with van der Waals surface area (Å²) in [6.45, 7) is 23.4. The summed E-state index contributed by atoms with van der Waals surface area (Å²) in [6, 6.07) is 21.5. The molecule has 0 saturated carbocycles. The van der Waals surface area contributed by atoms with Crippen LogP contribution in [0.2, 0.25) is 23.2 Å². The molecule has 0 aliphatic carbocycles. The van der Waals surface area contributed by atoms with Gasteiger partial charge in [0.15, 0.2) is 8.32 Å². The van der Waals surface area contributed by atoms with Gasteiger partial charge in [-0.15, -0.1) is 0 Å². The van der Waals surface area contributed by atoms with Crippen LogP contribution in [-0.4, -0.2) is 40.6 Å². The molecule has 5 heteroatoms. The fraction of sp³-hybridized carbons (Fsp3) is 0.576. The van der Waals surface area contributed by atoms with E-state index >= 15 is 0 Å². The molecule has 0 heterocycles. The standard InChI is InChI=1S/C33H54O3Si2/c1-27(19-18-26-35-37(9,10)32(3,4)5)31(34)25-17-20-28(2)36-38(33(6,7)8,29-21-13-11-14-22-29)30-23-15-12-16-24-30/h11-17,21-25,27-28,31,34H,18-20,26H2,1-10H3/b25-17-/t27-,28-,31?/m0/s1. The van der Waals surface area contributed by atoms with Crippen molar-refractivity contribution >= 4 is 27.0 Å². The number of aliphatic hydroxyl groups excluding tert-OH is 1. The third-order valence-corrected chi connectivity index (χ3v) is 18.0. The minimum atomic E-state index is -2.57. The molecule has 1 unspecified atom stereocenters. The first-order valence-electron chi connectivity index (χ1n) is 14.4. The highest BCUT2D eigenvalue weighted by atomic mass is 28.4. The van der Waals surface area contributed by atoms with E-state index in [2.05, 4.69) is 135 Å². The molecule has 0 fully saturated rings. The fourth-order valence-corrected chi connectivity index (χ4v) is 10.6. The van der Waals surface area contributed by atoms with Gasteiger partial charge in [-0.1, -0.05) is 121 Å². The Labute approximate surface area is 235 Å². The van der Waals surface area contributed by atoms with Crippen molar-refractivity contribution in [1.29, 1.82) is 0 Å². The van der Waals surface area contributed by atoms with E-state index in [9.17, 15) is 5.11 Å². The molecule has 2 rings (SSSR count). The zero-order chi connectivity index (χ0) is 28.6. The number of benzene rings is 2. The van der Waals surface area contributed by atoms with Crippen LogP contribution < -0.4 is 10.4 Å². The fourth-order valence-electron chi connectivity index (χ4n) is 4.76. The average molecular weight is 555 g/mol. The van der Waals surface area contributed by atoms with E-state index in [-0.39, 0.29) is 22.1 Å². The quantitative estimate of drug-likeness (QED) is 0.157. The van der Waals surface area contributed by atoms with E-state index < -0.39 is 22.7 Å². The van der Waals surface area contributed by atoms with Crippen LogP contribution in [0.25, 0.3) is 0 Å². The molecule has 3 atom stereocenters. The Balaban J connectivity index is 2.04. The summed E-state index contributed by atoms with van der Waals surface area (Å²) in [5.74, 6) is 0.196. The molecule has 0 amide bonds. The maximum Gasteiger partial charge on any atom is 0.261 e. The van der Waals surface area contributed by atoms with E-state index in [0.29, 0.717) is 0 Å². The van der Waals surface area contributed by atoms with Crippen LogP contribution in [0.5, 0.6) is 0 Å². The third-order valence-electron chi connectivity index (χ3n) is 8.25. The molecule has 38 heavy (non-hydrogen) atoms. The molecule has 0 saturated heterocycles. The van der Waals surface area contributed by atoms with Gasteiger partial charge in [0, 0.05) is 12.7 Å². The van der Waals surface area contributed by atoms with Crippen LogP contribution in [0.15, 0.2) is 72.8 Å². The third kappa shape index (κ3) is 8.49. The first-order valence-corrected chi connectivity index (χ1v) is 19.2. The molecule has 0 radical (unpaired) electrons. The molecular formula is C33H54O3Si2. The summed E-state index contributed by atoms with van der Waals surface area (Å²) in [5, 5.41) is 13.6. The molecule has 0 bridgehead atoms. The zero-order valence-electron chi connectivity index (χ0n) is 25.8. The first kappa shape index (κ1) is 32.7. The summed E-state index contributed by atoms with van der Waals surface area (Å²) in [7, 11) is -4.28.